The minimum absolute atomic E-state index is 0.0430. The number of hydrogen-bond acceptors (Lipinski definition) is 8. The van der Waals surface area contributed by atoms with E-state index in [2.05, 4.69) is 6.58 Å². The molecule has 0 aromatic carbocycles. The predicted molar refractivity (Wildman–Crippen MR) is 98.2 cm³/mol. The van der Waals surface area contributed by atoms with Crippen LogP contribution in [0.25, 0.3) is 0 Å². The normalized spacial score (nSPS) is 28.6. The molecule has 0 radical (unpaired) electrons. The molecule has 3 rings (SSSR count). The van der Waals surface area contributed by atoms with E-state index in [-0.39, 0.29) is 35.6 Å². The highest BCUT2D eigenvalue weighted by atomic mass is 32.2. The minimum Gasteiger partial charge on any atom is -0.468 e. The molecule has 0 aliphatic carbocycles. The van der Waals surface area contributed by atoms with Crippen LogP contribution >= 0.6 is 11.8 Å². The zero-order valence-corrected chi connectivity index (χ0v) is 16.2. The van der Waals surface area contributed by atoms with Crippen LogP contribution in [-0.2, 0) is 23.9 Å². The molecule has 0 unspecified atom stereocenters. The molecule has 2 fully saturated rings. The van der Waals surface area contributed by atoms with Crippen LogP contribution in [0.2, 0.25) is 0 Å². The number of ether oxygens (including phenoxy) is 2. The molecule has 0 aromatic rings. The van der Waals surface area contributed by atoms with E-state index in [1.165, 1.54) is 29.8 Å². The van der Waals surface area contributed by atoms with Crippen molar-refractivity contribution in [2.75, 3.05) is 26.8 Å². The van der Waals surface area contributed by atoms with Gasteiger partial charge in [-0.15, -0.1) is 11.8 Å². The van der Waals surface area contributed by atoms with Gasteiger partial charge in [0.05, 0.1) is 19.1 Å². The lowest BCUT2D eigenvalue weighted by molar-refractivity contribution is -0.158. The van der Waals surface area contributed by atoms with Gasteiger partial charge in [-0.1, -0.05) is 12.7 Å². The van der Waals surface area contributed by atoms with Crippen LogP contribution in [0, 0.1) is 5.92 Å². The molecule has 0 saturated carbocycles. The van der Waals surface area contributed by atoms with E-state index in [1.54, 1.807) is 6.92 Å². The molecule has 1 N–H and O–H groups in total. The average Bonchev–Trinajstić information content (AvgIpc) is 3.21. The number of hydrogen-bond donors (Lipinski definition) is 1. The first-order chi connectivity index (χ1) is 12.9. The Bertz CT molecular complexity index is 691. The molecule has 27 heavy (non-hydrogen) atoms. The topological polar surface area (TPSA) is 96.4 Å². The van der Waals surface area contributed by atoms with Gasteiger partial charge in [0.1, 0.15) is 23.7 Å². The summed E-state index contributed by atoms with van der Waals surface area (Å²) in [6, 6.07) is -0.356. The number of esters is 2. The number of amides is 1. The number of likely N-dealkylation sites (tertiary alicyclic amines) is 1. The van der Waals surface area contributed by atoms with Crippen LogP contribution in [0.3, 0.4) is 0 Å². The number of aliphatic hydroxyl groups excluding tert-OH is 1. The Labute approximate surface area is 162 Å². The fourth-order valence-electron chi connectivity index (χ4n) is 3.76. The number of nitrogens with zero attached hydrogens (tertiary/aromatic N) is 2. The van der Waals surface area contributed by atoms with Crippen LogP contribution in [0.1, 0.15) is 19.8 Å². The smallest absolute Gasteiger partial charge is 0.356 e. The summed E-state index contributed by atoms with van der Waals surface area (Å²) in [7, 11) is 1.36. The lowest BCUT2D eigenvalue weighted by atomic mass is 9.92. The SMILES string of the molecule is C=CCOC(=O)C1=C(CN2CCC[C@H]2C(=O)OC)S[C@@H]2[C@@H]([C@@H](C)O)C(=O)N12. The van der Waals surface area contributed by atoms with E-state index < -0.39 is 18.0 Å². The number of carbonyl (C=O) groups excluding carboxylic acids is 3. The molecule has 4 atom stereocenters. The Morgan fingerprint density at radius 3 is 2.85 bits per heavy atom. The predicted octanol–water partition coefficient (Wildman–Crippen LogP) is 0.477. The van der Waals surface area contributed by atoms with Gasteiger partial charge in [0, 0.05) is 11.4 Å². The van der Waals surface area contributed by atoms with Gasteiger partial charge in [-0.25, -0.2) is 4.79 Å². The lowest BCUT2D eigenvalue weighted by Gasteiger charge is -2.43. The third kappa shape index (κ3) is 3.51. The lowest BCUT2D eigenvalue weighted by Crippen LogP contribution is -2.60. The maximum Gasteiger partial charge on any atom is 0.356 e. The first-order valence-electron chi connectivity index (χ1n) is 8.91. The van der Waals surface area contributed by atoms with E-state index in [0.717, 1.165) is 6.42 Å². The number of carbonyl (C=O) groups is 3. The summed E-state index contributed by atoms with van der Waals surface area (Å²) in [6.07, 6.45) is 2.22. The third-order valence-corrected chi connectivity index (χ3v) is 6.43. The summed E-state index contributed by atoms with van der Waals surface area (Å²) in [6.45, 7) is 6.20. The standard InChI is InChI=1S/C18H24N2O6S/c1-4-8-26-18(24)14-12(9-19-7-5-6-11(19)17(23)25-3)27-16-13(10(2)21)15(22)20(14)16/h4,10-11,13,16,21H,1,5-9H2,2-3H3/t10-,11+,13+,16-/m1/s1. The Morgan fingerprint density at radius 2 is 2.22 bits per heavy atom. The van der Waals surface area contributed by atoms with E-state index in [9.17, 15) is 19.5 Å². The van der Waals surface area contributed by atoms with Crippen molar-refractivity contribution in [3.05, 3.63) is 23.3 Å². The van der Waals surface area contributed by atoms with Crippen LogP contribution < -0.4 is 0 Å². The molecule has 0 spiro atoms. The highest BCUT2D eigenvalue weighted by molar-refractivity contribution is 8.04. The highest BCUT2D eigenvalue weighted by Gasteiger charge is 2.58. The van der Waals surface area contributed by atoms with Crippen molar-refractivity contribution in [1.29, 1.82) is 0 Å². The zero-order chi connectivity index (χ0) is 19.7. The van der Waals surface area contributed by atoms with Crippen LogP contribution in [0.5, 0.6) is 0 Å². The molecule has 3 aliphatic heterocycles. The second-order valence-electron chi connectivity index (χ2n) is 6.79. The molecule has 9 heteroatoms. The van der Waals surface area contributed by atoms with Gasteiger partial charge in [-0.05, 0) is 26.3 Å². The van der Waals surface area contributed by atoms with Gasteiger partial charge in [0.25, 0.3) is 0 Å². The monoisotopic (exact) mass is 396 g/mol. The van der Waals surface area contributed by atoms with Gasteiger partial charge in [-0.2, -0.15) is 0 Å². The van der Waals surface area contributed by atoms with Crippen molar-refractivity contribution in [1.82, 2.24) is 9.80 Å². The Kier molecular flexibility index (Phi) is 5.92. The number of aliphatic hydroxyl groups is 1. The fourth-order valence-corrected chi connectivity index (χ4v) is 5.39. The molecule has 3 aliphatic rings. The number of β-lactam (4-membered cyclic amide) rings is 1. The van der Waals surface area contributed by atoms with Gasteiger partial charge >= 0.3 is 11.9 Å². The van der Waals surface area contributed by atoms with Crippen molar-refractivity contribution < 1.29 is 29.0 Å². The molecule has 2 saturated heterocycles. The van der Waals surface area contributed by atoms with Crippen molar-refractivity contribution in [2.45, 2.75) is 37.3 Å². The van der Waals surface area contributed by atoms with E-state index in [0.29, 0.717) is 24.4 Å². The zero-order valence-electron chi connectivity index (χ0n) is 15.4. The maximum atomic E-state index is 12.6. The Balaban J connectivity index is 1.84. The molecule has 1 amide bonds. The van der Waals surface area contributed by atoms with E-state index >= 15 is 0 Å². The second kappa shape index (κ2) is 8.04. The first kappa shape index (κ1) is 19.9. The van der Waals surface area contributed by atoms with Crippen molar-refractivity contribution >= 4 is 29.6 Å². The fraction of sp³-hybridized carbons (Fsp3) is 0.611. The highest BCUT2D eigenvalue weighted by Crippen LogP contribution is 2.51. The minimum atomic E-state index is -0.800. The molecule has 0 bridgehead atoms. The van der Waals surface area contributed by atoms with Gasteiger partial charge in [0.2, 0.25) is 5.91 Å². The molecular weight excluding hydrogens is 372 g/mol. The van der Waals surface area contributed by atoms with Crippen LogP contribution in [0.4, 0.5) is 0 Å². The molecule has 3 heterocycles. The second-order valence-corrected chi connectivity index (χ2v) is 8.01. The van der Waals surface area contributed by atoms with Gasteiger partial charge in [0.15, 0.2) is 0 Å². The summed E-state index contributed by atoms with van der Waals surface area (Å²) in [5.74, 6) is -1.72. The number of thioether (sulfide) groups is 1. The maximum absolute atomic E-state index is 12.6. The van der Waals surface area contributed by atoms with Gasteiger partial charge in [-0.3, -0.25) is 19.4 Å². The van der Waals surface area contributed by atoms with Gasteiger partial charge < -0.3 is 14.6 Å². The third-order valence-electron chi connectivity index (χ3n) is 5.08. The molecular formula is C18H24N2O6S. The first-order valence-corrected chi connectivity index (χ1v) is 9.79. The van der Waals surface area contributed by atoms with E-state index in [4.69, 9.17) is 9.47 Å². The number of methoxy groups -OCH3 is 1. The summed E-state index contributed by atoms with van der Waals surface area (Å²) >= 11 is 1.38. The molecule has 0 aromatic heterocycles. The van der Waals surface area contributed by atoms with Crippen LogP contribution in [-0.4, -0.2) is 77.1 Å². The largest absolute Gasteiger partial charge is 0.468 e. The van der Waals surface area contributed by atoms with Crippen molar-refractivity contribution in [2.24, 2.45) is 5.92 Å². The quantitative estimate of drug-likeness (QED) is 0.377. The van der Waals surface area contributed by atoms with E-state index in [1.807, 2.05) is 4.90 Å². The van der Waals surface area contributed by atoms with Crippen LogP contribution in [0.15, 0.2) is 23.3 Å². The summed E-state index contributed by atoms with van der Waals surface area (Å²) in [5, 5.41) is 9.57. The number of fused-ring (bicyclic) bond motifs is 1. The van der Waals surface area contributed by atoms with Crippen molar-refractivity contribution in [3.63, 3.8) is 0 Å². The molecule has 8 nitrogen and oxygen atoms in total. The summed E-state index contributed by atoms with van der Waals surface area (Å²) in [4.78, 5) is 41.1. The summed E-state index contributed by atoms with van der Waals surface area (Å²) < 4.78 is 10.0. The Morgan fingerprint density at radius 1 is 1.48 bits per heavy atom. The summed E-state index contributed by atoms with van der Waals surface area (Å²) in [5.41, 5.74) is 0.212. The Hall–Kier alpha value is -1.84. The average molecular weight is 396 g/mol. The van der Waals surface area contributed by atoms with Crippen molar-refractivity contribution in [3.8, 4) is 0 Å². The molecule has 148 valence electrons. The number of rotatable bonds is 7.